The van der Waals surface area contributed by atoms with Gasteiger partial charge in [-0.1, -0.05) is 24.3 Å². The Morgan fingerprint density at radius 2 is 1.71 bits per heavy atom. The number of nitrogens with one attached hydrogen (secondary N) is 3. The van der Waals surface area contributed by atoms with Crippen molar-refractivity contribution in [1.29, 1.82) is 0 Å². The van der Waals surface area contributed by atoms with Crippen molar-refractivity contribution in [1.82, 2.24) is 5.32 Å². The van der Waals surface area contributed by atoms with Crippen LogP contribution in [0.3, 0.4) is 0 Å². The van der Waals surface area contributed by atoms with Gasteiger partial charge in [0.15, 0.2) is 0 Å². The van der Waals surface area contributed by atoms with Crippen LogP contribution in [0, 0.1) is 0 Å². The maximum atomic E-state index is 13.3. The van der Waals surface area contributed by atoms with E-state index in [1.54, 1.807) is 80.8 Å². The van der Waals surface area contributed by atoms with E-state index < -0.39 is 11.2 Å². The number of ether oxygens (including phenoxy) is 2. The van der Waals surface area contributed by atoms with E-state index in [2.05, 4.69) is 16.0 Å². The van der Waals surface area contributed by atoms with E-state index in [1.165, 1.54) is 30.2 Å². The van der Waals surface area contributed by atoms with Crippen LogP contribution in [0.5, 0.6) is 11.5 Å². The monoisotopic (exact) mass is 587 g/mol. The molecule has 4 aromatic rings. The number of amides is 3. The molecule has 1 heterocycles. The highest BCUT2D eigenvalue weighted by atomic mass is 32.2. The van der Waals surface area contributed by atoms with Crippen molar-refractivity contribution in [2.24, 2.45) is 0 Å². The van der Waals surface area contributed by atoms with Crippen molar-refractivity contribution in [2.45, 2.75) is 17.1 Å². The highest BCUT2D eigenvalue weighted by molar-refractivity contribution is 8.00. The van der Waals surface area contributed by atoms with Gasteiger partial charge in [-0.25, -0.2) is 0 Å². The Bertz CT molecular complexity index is 1540. The summed E-state index contributed by atoms with van der Waals surface area (Å²) in [5.74, 6) is 0.0298. The van der Waals surface area contributed by atoms with Gasteiger partial charge in [-0.3, -0.25) is 14.4 Å². The Morgan fingerprint density at radius 1 is 0.902 bits per heavy atom. The number of carbonyl (C=O) groups excluding carboxylic acids is 3. The van der Waals surface area contributed by atoms with Crippen LogP contribution in [0.2, 0.25) is 0 Å². The fourth-order valence-corrected chi connectivity index (χ4v) is 5.26. The molecule has 4 rings (SSSR count). The molecule has 0 fully saturated rings. The number of carbonyl (C=O) groups is 3. The zero-order valence-corrected chi connectivity index (χ0v) is 24.3. The van der Waals surface area contributed by atoms with Crippen molar-refractivity contribution in [3.63, 3.8) is 0 Å². The fraction of sp³-hybridized carbons (Fsp3) is 0.129. The van der Waals surface area contributed by atoms with Crippen LogP contribution in [-0.4, -0.2) is 37.2 Å². The molecule has 0 spiro atoms. The standard InChI is InChI=1S/C31H29N3O5S2/c1-20(29(35)33-26-18-24(38-2)12-13-28(26)39-3)41-25-11-7-10-23(17-25)32-31(37)27(16-21-14-15-40-19-21)34-30(36)22-8-5-4-6-9-22/h4-20H,1-3H3,(H,32,37)(H,33,35)(H,34,36)/b27-16-. The van der Waals surface area contributed by atoms with Crippen LogP contribution < -0.4 is 25.4 Å². The molecule has 0 radical (unpaired) electrons. The second kappa shape index (κ2) is 14.2. The van der Waals surface area contributed by atoms with Crippen LogP contribution in [-0.2, 0) is 9.59 Å². The minimum absolute atomic E-state index is 0.107. The number of rotatable bonds is 11. The van der Waals surface area contributed by atoms with Gasteiger partial charge in [0.1, 0.15) is 17.2 Å². The number of hydrogen-bond acceptors (Lipinski definition) is 7. The van der Waals surface area contributed by atoms with Gasteiger partial charge < -0.3 is 25.4 Å². The van der Waals surface area contributed by atoms with E-state index >= 15 is 0 Å². The van der Waals surface area contributed by atoms with Crippen molar-refractivity contribution in [3.8, 4) is 11.5 Å². The molecule has 1 atom stereocenters. The van der Waals surface area contributed by atoms with Crippen LogP contribution in [0.4, 0.5) is 11.4 Å². The third-order valence-corrected chi connectivity index (χ3v) is 7.62. The lowest BCUT2D eigenvalue weighted by molar-refractivity contribution is -0.115. The quantitative estimate of drug-likeness (QED) is 0.141. The molecule has 0 aliphatic rings. The third kappa shape index (κ3) is 8.23. The normalized spacial score (nSPS) is 11.7. The van der Waals surface area contributed by atoms with Crippen LogP contribution in [0.15, 0.2) is 100 Å². The van der Waals surface area contributed by atoms with Gasteiger partial charge in [-0.05, 0) is 77.9 Å². The second-order valence-corrected chi connectivity index (χ2v) is 10.9. The summed E-state index contributed by atoms with van der Waals surface area (Å²) >= 11 is 2.83. The molecule has 0 aliphatic heterocycles. The number of benzene rings is 3. The van der Waals surface area contributed by atoms with Gasteiger partial charge >= 0.3 is 0 Å². The molecule has 3 aromatic carbocycles. The Morgan fingerprint density at radius 3 is 2.41 bits per heavy atom. The maximum Gasteiger partial charge on any atom is 0.272 e. The summed E-state index contributed by atoms with van der Waals surface area (Å²) in [5.41, 5.74) is 2.37. The van der Waals surface area contributed by atoms with E-state index in [0.717, 1.165) is 10.5 Å². The molecule has 10 heteroatoms. The fourth-order valence-electron chi connectivity index (χ4n) is 3.72. The molecular formula is C31H29N3O5S2. The SMILES string of the molecule is COc1ccc(OC)c(NC(=O)C(C)Sc2cccc(NC(=O)/C(=C/c3ccsc3)NC(=O)c3ccccc3)c2)c1. The van der Waals surface area contributed by atoms with Gasteiger partial charge in [0.2, 0.25) is 5.91 Å². The lowest BCUT2D eigenvalue weighted by Gasteiger charge is -2.16. The third-order valence-electron chi connectivity index (χ3n) is 5.82. The summed E-state index contributed by atoms with van der Waals surface area (Å²) < 4.78 is 10.6. The Hall–Kier alpha value is -4.54. The highest BCUT2D eigenvalue weighted by Gasteiger charge is 2.19. The Balaban J connectivity index is 1.45. The highest BCUT2D eigenvalue weighted by Crippen LogP contribution is 2.31. The first-order chi connectivity index (χ1) is 19.9. The summed E-state index contributed by atoms with van der Waals surface area (Å²) in [6, 6.07) is 22.9. The average Bonchev–Trinajstić information content (AvgIpc) is 3.50. The number of thioether (sulfide) groups is 1. The summed E-state index contributed by atoms with van der Waals surface area (Å²) in [7, 11) is 3.08. The van der Waals surface area contributed by atoms with E-state index in [4.69, 9.17) is 9.47 Å². The van der Waals surface area contributed by atoms with E-state index in [9.17, 15) is 14.4 Å². The Kier molecular flexibility index (Phi) is 10.2. The van der Waals surface area contributed by atoms with E-state index in [0.29, 0.717) is 28.4 Å². The molecular weight excluding hydrogens is 558 g/mol. The van der Waals surface area contributed by atoms with Gasteiger partial charge in [-0.15, -0.1) is 11.8 Å². The zero-order valence-electron chi connectivity index (χ0n) is 22.7. The smallest absolute Gasteiger partial charge is 0.272 e. The number of methoxy groups -OCH3 is 2. The van der Waals surface area contributed by atoms with Gasteiger partial charge in [0.25, 0.3) is 11.8 Å². The molecule has 3 amide bonds. The van der Waals surface area contributed by atoms with E-state index in [1.807, 2.05) is 29.0 Å². The molecule has 210 valence electrons. The average molecular weight is 588 g/mol. The minimum atomic E-state index is -0.474. The molecule has 1 aromatic heterocycles. The summed E-state index contributed by atoms with van der Waals surface area (Å²) in [6.07, 6.45) is 1.63. The molecule has 0 saturated carbocycles. The van der Waals surface area contributed by atoms with Gasteiger partial charge in [-0.2, -0.15) is 11.3 Å². The largest absolute Gasteiger partial charge is 0.497 e. The van der Waals surface area contributed by atoms with E-state index in [-0.39, 0.29) is 17.5 Å². The summed E-state index contributed by atoms with van der Waals surface area (Å²) in [5, 5.41) is 11.8. The van der Waals surface area contributed by atoms with Crippen LogP contribution in [0.25, 0.3) is 6.08 Å². The van der Waals surface area contributed by atoms with Crippen LogP contribution in [0.1, 0.15) is 22.8 Å². The van der Waals surface area contributed by atoms with Crippen LogP contribution >= 0.6 is 23.1 Å². The predicted molar refractivity (Wildman–Crippen MR) is 165 cm³/mol. The lowest BCUT2D eigenvalue weighted by Crippen LogP contribution is -2.30. The topological polar surface area (TPSA) is 106 Å². The maximum absolute atomic E-state index is 13.3. The first-order valence-corrected chi connectivity index (χ1v) is 14.4. The molecule has 0 saturated heterocycles. The molecule has 8 nitrogen and oxygen atoms in total. The first-order valence-electron chi connectivity index (χ1n) is 12.6. The van der Waals surface area contributed by atoms with Crippen molar-refractivity contribution in [2.75, 3.05) is 24.9 Å². The number of anilines is 2. The molecule has 41 heavy (non-hydrogen) atoms. The number of thiophene rings is 1. The predicted octanol–water partition coefficient (Wildman–Crippen LogP) is 6.29. The first kappa shape index (κ1) is 29.4. The molecule has 1 unspecified atom stereocenters. The Labute approximate surface area is 246 Å². The summed E-state index contributed by atoms with van der Waals surface area (Å²) in [6.45, 7) is 1.79. The molecule has 3 N–H and O–H groups in total. The summed E-state index contributed by atoms with van der Waals surface area (Å²) in [4.78, 5) is 39.8. The molecule has 0 aliphatic carbocycles. The lowest BCUT2D eigenvalue weighted by atomic mass is 10.2. The second-order valence-electron chi connectivity index (χ2n) is 8.73. The molecule has 0 bridgehead atoms. The number of hydrogen-bond donors (Lipinski definition) is 3. The van der Waals surface area contributed by atoms with Gasteiger partial charge in [0.05, 0.1) is 25.2 Å². The van der Waals surface area contributed by atoms with Gasteiger partial charge in [0, 0.05) is 22.2 Å². The van der Waals surface area contributed by atoms with Crippen molar-refractivity contribution < 1.29 is 23.9 Å². The zero-order chi connectivity index (χ0) is 29.2. The minimum Gasteiger partial charge on any atom is -0.497 e. The van der Waals surface area contributed by atoms with Crippen molar-refractivity contribution in [3.05, 3.63) is 106 Å². The van der Waals surface area contributed by atoms with Crippen molar-refractivity contribution >= 4 is 58.3 Å².